The van der Waals surface area contributed by atoms with Crippen molar-refractivity contribution in [1.29, 1.82) is 0 Å². The van der Waals surface area contributed by atoms with E-state index in [4.69, 9.17) is 4.74 Å². The van der Waals surface area contributed by atoms with Crippen LogP contribution in [-0.2, 0) is 4.74 Å². The minimum absolute atomic E-state index is 0.419. The average Bonchev–Trinajstić information content (AvgIpc) is 2.46. The number of benzene rings is 1. The van der Waals surface area contributed by atoms with Crippen LogP contribution < -0.4 is 0 Å². The second-order valence-corrected chi connectivity index (χ2v) is 5.73. The van der Waals surface area contributed by atoms with Crippen LogP contribution in [0.3, 0.4) is 0 Å². The number of rotatable bonds is 1. The van der Waals surface area contributed by atoms with Crippen LogP contribution in [0, 0.1) is 0 Å². The van der Waals surface area contributed by atoms with Crippen LogP contribution in [0.1, 0.15) is 12.0 Å². The Hall–Kier alpha value is -1.71. The summed E-state index contributed by atoms with van der Waals surface area (Å²) in [6.45, 7) is 1.66. The van der Waals surface area contributed by atoms with Gasteiger partial charge in [-0.15, -0.1) is 0 Å². The van der Waals surface area contributed by atoms with E-state index < -0.39 is 0 Å². The number of hydrogen-bond acceptors (Lipinski definition) is 3. The van der Waals surface area contributed by atoms with E-state index >= 15 is 0 Å². The molecule has 0 aliphatic carbocycles. The van der Waals surface area contributed by atoms with Crippen LogP contribution in [-0.4, -0.2) is 42.2 Å². The summed E-state index contributed by atoms with van der Waals surface area (Å²) in [5.41, 5.74) is 3.84. The van der Waals surface area contributed by atoms with E-state index in [1.54, 1.807) is 0 Å². The van der Waals surface area contributed by atoms with Gasteiger partial charge in [0.05, 0.1) is 24.8 Å². The van der Waals surface area contributed by atoms with Crippen molar-refractivity contribution in [2.45, 2.75) is 18.5 Å². The summed E-state index contributed by atoms with van der Waals surface area (Å²) in [5, 5.41) is 1.21. The molecule has 1 fully saturated rings. The number of morpholine rings is 1. The molecule has 102 valence electrons. The van der Waals surface area contributed by atoms with Gasteiger partial charge in [-0.05, 0) is 42.8 Å². The Bertz CT molecular complexity index is 679. The predicted octanol–water partition coefficient (Wildman–Crippen LogP) is 2.72. The fourth-order valence-electron chi connectivity index (χ4n) is 3.24. The van der Waals surface area contributed by atoms with Crippen LogP contribution in [0.2, 0.25) is 0 Å². The van der Waals surface area contributed by atoms with Gasteiger partial charge in [0, 0.05) is 17.6 Å². The van der Waals surface area contributed by atoms with E-state index in [2.05, 4.69) is 47.3 Å². The van der Waals surface area contributed by atoms with Crippen molar-refractivity contribution < 1.29 is 4.74 Å². The maximum Gasteiger partial charge on any atom is 0.0702 e. The fourth-order valence-corrected chi connectivity index (χ4v) is 3.24. The molecule has 2 atom stereocenters. The Morgan fingerprint density at radius 3 is 3.10 bits per heavy atom. The number of fused-ring (bicyclic) bond motifs is 3. The van der Waals surface area contributed by atoms with Crippen LogP contribution in [0.25, 0.3) is 16.5 Å². The minimum Gasteiger partial charge on any atom is -0.378 e. The molecule has 4 rings (SSSR count). The van der Waals surface area contributed by atoms with Gasteiger partial charge < -0.3 is 4.74 Å². The molecule has 2 aromatic rings. The highest BCUT2D eigenvalue weighted by molar-refractivity contribution is 5.83. The monoisotopic (exact) mass is 266 g/mol. The Labute approximate surface area is 118 Å². The topological polar surface area (TPSA) is 25.4 Å². The molecule has 2 bridgehead atoms. The van der Waals surface area contributed by atoms with E-state index in [-0.39, 0.29) is 0 Å². The quantitative estimate of drug-likeness (QED) is 0.793. The fraction of sp³-hybridized carbons (Fsp3) is 0.353. The molecule has 3 nitrogen and oxygen atoms in total. The third-order valence-corrected chi connectivity index (χ3v) is 4.52. The van der Waals surface area contributed by atoms with Crippen LogP contribution in [0.4, 0.5) is 0 Å². The molecular formula is C17H18N2O. The number of aromatic nitrogens is 1. The first-order chi connectivity index (χ1) is 9.81. The number of likely N-dealkylation sites (N-methyl/N-ethyl adjacent to an activating group) is 1. The highest BCUT2D eigenvalue weighted by Gasteiger charge is 2.32. The van der Waals surface area contributed by atoms with Crippen molar-refractivity contribution >= 4 is 16.5 Å². The molecule has 20 heavy (non-hydrogen) atoms. The minimum atomic E-state index is 0.419. The molecule has 2 unspecified atom stereocenters. The summed E-state index contributed by atoms with van der Waals surface area (Å²) in [7, 11) is 2.20. The second kappa shape index (κ2) is 4.69. The molecule has 0 radical (unpaired) electrons. The number of hydrogen-bond donors (Lipinski definition) is 0. The van der Waals surface area contributed by atoms with Gasteiger partial charge in [-0.1, -0.05) is 18.2 Å². The van der Waals surface area contributed by atoms with Gasteiger partial charge in [0.25, 0.3) is 0 Å². The Morgan fingerprint density at radius 2 is 2.20 bits per heavy atom. The summed E-state index contributed by atoms with van der Waals surface area (Å²) in [4.78, 5) is 6.83. The number of nitrogens with zero attached hydrogens (tertiary/aromatic N) is 2. The van der Waals surface area contributed by atoms with Crippen molar-refractivity contribution in [1.82, 2.24) is 9.88 Å². The number of pyridine rings is 1. The van der Waals surface area contributed by atoms with Crippen molar-refractivity contribution in [2.75, 3.05) is 20.3 Å². The van der Waals surface area contributed by atoms with Gasteiger partial charge in [-0.2, -0.15) is 0 Å². The summed E-state index contributed by atoms with van der Waals surface area (Å²) in [6, 6.07) is 11.6. The average molecular weight is 266 g/mol. The molecule has 1 aromatic carbocycles. The summed E-state index contributed by atoms with van der Waals surface area (Å²) < 4.78 is 5.67. The van der Waals surface area contributed by atoms with Crippen LogP contribution >= 0.6 is 0 Å². The van der Waals surface area contributed by atoms with Crippen molar-refractivity contribution in [3.63, 3.8) is 0 Å². The molecular weight excluding hydrogens is 248 g/mol. The first-order valence-corrected chi connectivity index (χ1v) is 7.17. The molecule has 0 amide bonds. The summed E-state index contributed by atoms with van der Waals surface area (Å²) in [5.74, 6) is 0. The highest BCUT2D eigenvalue weighted by atomic mass is 16.5. The third-order valence-electron chi connectivity index (χ3n) is 4.52. The van der Waals surface area contributed by atoms with Crippen molar-refractivity contribution in [3.05, 3.63) is 48.2 Å². The lowest BCUT2D eigenvalue weighted by molar-refractivity contribution is -0.0221. The van der Waals surface area contributed by atoms with E-state index in [1.807, 2.05) is 12.3 Å². The maximum absolute atomic E-state index is 5.67. The van der Waals surface area contributed by atoms with Crippen LogP contribution in [0.15, 0.2) is 42.6 Å². The lowest BCUT2D eigenvalue weighted by Crippen LogP contribution is -2.51. The van der Waals surface area contributed by atoms with Crippen molar-refractivity contribution in [3.8, 4) is 0 Å². The number of ether oxygens (including phenoxy) is 1. The summed E-state index contributed by atoms with van der Waals surface area (Å²) >= 11 is 0. The molecule has 2 aliphatic heterocycles. The van der Waals surface area contributed by atoms with E-state index in [1.165, 1.54) is 16.5 Å². The Kier molecular flexibility index (Phi) is 2.83. The zero-order chi connectivity index (χ0) is 13.5. The molecule has 0 spiro atoms. The first kappa shape index (κ1) is 12.1. The molecule has 1 saturated heterocycles. The molecule has 1 aromatic heterocycles. The standard InChI is InChI=1S/C17H18N2O/c1-19-15-8-14(9-16(19)11-20-10-15)12-4-5-17-13(7-12)3-2-6-18-17/h2-8,15-16H,9-11H2,1H3. The van der Waals surface area contributed by atoms with Crippen molar-refractivity contribution in [2.24, 2.45) is 0 Å². The largest absolute Gasteiger partial charge is 0.378 e. The Balaban J connectivity index is 1.75. The normalized spacial score (nSPS) is 26.6. The predicted molar refractivity (Wildman–Crippen MR) is 80.5 cm³/mol. The molecule has 3 heterocycles. The van der Waals surface area contributed by atoms with E-state index in [0.717, 1.165) is 25.2 Å². The van der Waals surface area contributed by atoms with Gasteiger partial charge in [-0.3, -0.25) is 9.88 Å². The lowest BCUT2D eigenvalue weighted by atomic mass is 9.90. The zero-order valence-electron chi connectivity index (χ0n) is 11.6. The maximum atomic E-state index is 5.67. The third kappa shape index (κ3) is 1.94. The van der Waals surface area contributed by atoms with Gasteiger partial charge >= 0.3 is 0 Å². The van der Waals surface area contributed by atoms with E-state index in [0.29, 0.717) is 12.1 Å². The molecule has 3 heteroatoms. The highest BCUT2D eigenvalue weighted by Crippen LogP contribution is 2.32. The second-order valence-electron chi connectivity index (χ2n) is 5.73. The molecule has 0 N–H and O–H groups in total. The Morgan fingerprint density at radius 1 is 1.25 bits per heavy atom. The van der Waals surface area contributed by atoms with E-state index in [9.17, 15) is 0 Å². The lowest BCUT2D eigenvalue weighted by Gasteiger charge is -2.42. The smallest absolute Gasteiger partial charge is 0.0702 e. The SMILES string of the molecule is CN1C2C=C(c3ccc4ncccc4c3)CC1COC2. The molecule has 2 aliphatic rings. The zero-order valence-corrected chi connectivity index (χ0v) is 11.6. The van der Waals surface area contributed by atoms with Gasteiger partial charge in [0.1, 0.15) is 0 Å². The van der Waals surface area contributed by atoms with Gasteiger partial charge in [-0.25, -0.2) is 0 Å². The molecule has 0 saturated carbocycles. The van der Waals surface area contributed by atoms with Crippen LogP contribution in [0.5, 0.6) is 0 Å². The van der Waals surface area contributed by atoms with Gasteiger partial charge in [0.2, 0.25) is 0 Å². The van der Waals surface area contributed by atoms with Gasteiger partial charge in [0.15, 0.2) is 0 Å². The summed E-state index contributed by atoms with van der Waals surface area (Å²) in [6.07, 6.45) is 5.28. The first-order valence-electron chi connectivity index (χ1n) is 7.17.